The van der Waals surface area contributed by atoms with E-state index < -0.39 is 28.7 Å². The van der Waals surface area contributed by atoms with Gasteiger partial charge in [-0.1, -0.05) is 45.8 Å². The number of rotatable bonds is 6. The number of halogens is 2. The minimum absolute atomic E-state index is 0.00113. The molecule has 1 heterocycles. The van der Waals surface area contributed by atoms with E-state index in [1.165, 1.54) is 36.4 Å². The van der Waals surface area contributed by atoms with E-state index in [9.17, 15) is 29.3 Å². The molecule has 3 aromatic rings. The molecule has 0 radical (unpaired) electrons. The average Bonchev–Trinajstić information content (AvgIpc) is 2.88. The van der Waals surface area contributed by atoms with Crippen molar-refractivity contribution in [2.75, 3.05) is 4.90 Å². The van der Waals surface area contributed by atoms with E-state index in [0.29, 0.717) is 14.5 Å². The van der Waals surface area contributed by atoms with Gasteiger partial charge in [0.25, 0.3) is 17.5 Å². The molecule has 1 N–H and O–H groups in total. The molecule has 39 heavy (non-hydrogen) atoms. The summed E-state index contributed by atoms with van der Waals surface area (Å²) < 4.78 is 6.37. The van der Waals surface area contributed by atoms with Crippen molar-refractivity contribution in [2.24, 2.45) is 0 Å². The molecule has 10 nitrogen and oxygen atoms in total. The smallest absolute Gasteiger partial charge is 0.336 e. The number of carbonyl (C=O) groups excluding carboxylic acids is 4. The lowest BCUT2D eigenvalue weighted by Gasteiger charge is -2.26. The van der Waals surface area contributed by atoms with Crippen molar-refractivity contribution in [1.82, 2.24) is 5.32 Å². The molecule has 4 rings (SSSR count). The molecule has 0 aromatic heterocycles. The summed E-state index contributed by atoms with van der Waals surface area (Å²) in [4.78, 5) is 62.3. The Kier molecular flexibility index (Phi) is 8.17. The molecule has 1 fully saturated rings. The van der Waals surface area contributed by atoms with Crippen LogP contribution in [0.2, 0.25) is 0 Å². The molecule has 0 spiro atoms. The second-order valence-corrected chi connectivity index (χ2v) is 9.98. The summed E-state index contributed by atoms with van der Waals surface area (Å²) in [7, 11) is 0. The van der Waals surface area contributed by atoms with Gasteiger partial charge >= 0.3 is 12.0 Å². The molecule has 0 aliphatic carbocycles. The van der Waals surface area contributed by atoms with Gasteiger partial charge in [-0.3, -0.25) is 25.0 Å². The van der Waals surface area contributed by atoms with Crippen LogP contribution in [0.5, 0.6) is 5.75 Å². The number of nitro groups is 1. The minimum Gasteiger partial charge on any atom is -0.422 e. The number of esters is 1. The molecule has 4 amide bonds. The van der Waals surface area contributed by atoms with Crippen molar-refractivity contribution in [3.8, 4) is 5.75 Å². The maximum Gasteiger partial charge on any atom is 0.336 e. The van der Waals surface area contributed by atoms with E-state index in [-0.39, 0.29) is 28.3 Å². The standard InChI is InChI=1S/C27H17Br2N3O7/c1-15-5-8-19(9-6-15)31-26(35)21(25(34)30-27(31)36)13-17-12-18(28)14-22(29)24(17)39-23(33)10-7-16-3-2-4-20(11-16)32(37)38/h2-14H,1H3,(H,30,34,36)/b10-7+,21-13-. The van der Waals surface area contributed by atoms with Crippen LogP contribution in [0.25, 0.3) is 12.2 Å². The molecule has 1 aliphatic heterocycles. The van der Waals surface area contributed by atoms with Crippen LogP contribution in [0.3, 0.4) is 0 Å². The molecule has 3 aromatic carbocycles. The largest absolute Gasteiger partial charge is 0.422 e. The lowest BCUT2D eigenvalue weighted by Crippen LogP contribution is -2.54. The molecule has 0 bridgehead atoms. The first kappa shape index (κ1) is 27.6. The third kappa shape index (κ3) is 6.36. The van der Waals surface area contributed by atoms with Crippen LogP contribution in [-0.2, 0) is 14.4 Å². The summed E-state index contributed by atoms with van der Waals surface area (Å²) in [6, 6.07) is 14.5. The highest BCUT2D eigenvalue weighted by Gasteiger charge is 2.37. The van der Waals surface area contributed by atoms with Gasteiger partial charge in [0.15, 0.2) is 5.75 Å². The number of aryl methyl sites for hydroxylation is 1. The first-order valence-electron chi connectivity index (χ1n) is 11.1. The number of barbiturate groups is 1. The average molecular weight is 655 g/mol. The van der Waals surface area contributed by atoms with Crippen LogP contribution in [0.1, 0.15) is 16.7 Å². The number of amides is 4. The van der Waals surface area contributed by atoms with E-state index in [1.807, 2.05) is 6.92 Å². The number of anilines is 1. The molecule has 12 heteroatoms. The zero-order valence-corrected chi connectivity index (χ0v) is 23.2. The number of urea groups is 1. The van der Waals surface area contributed by atoms with E-state index in [1.54, 1.807) is 36.4 Å². The highest BCUT2D eigenvalue weighted by Crippen LogP contribution is 2.35. The van der Waals surface area contributed by atoms with Crippen molar-refractivity contribution in [3.63, 3.8) is 0 Å². The molecule has 1 saturated heterocycles. The lowest BCUT2D eigenvalue weighted by molar-refractivity contribution is -0.384. The van der Waals surface area contributed by atoms with Gasteiger partial charge in [-0.05, 0) is 64.8 Å². The summed E-state index contributed by atoms with van der Waals surface area (Å²) in [6.07, 6.45) is 3.65. The van der Waals surface area contributed by atoms with E-state index in [0.717, 1.165) is 16.5 Å². The normalized spacial score (nSPS) is 14.6. The first-order chi connectivity index (χ1) is 18.5. The highest BCUT2D eigenvalue weighted by atomic mass is 79.9. The SMILES string of the molecule is Cc1ccc(N2C(=O)NC(=O)/C(=C/c3cc(Br)cc(Br)c3OC(=O)/C=C/c3cccc([N+](=O)[O-])c3)C2=O)cc1. The zero-order valence-electron chi connectivity index (χ0n) is 20.0. The van der Waals surface area contributed by atoms with E-state index >= 15 is 0 Å². The molecule has 1 aliphatic rings. The van der Waals surface area contributed by atoms with Gasteiger partial charge in [0.1, 0.15) is 5.57 Å². The van der Waals surface area contributed by atoms with Crippen LogP contribution in [0.15, 0.2) is 81.3 Å². The van der Waals surface area contributed by atoms with Crippen molar-refractivity contribution in [2.45, 2.75) is 6.92 Å². The quantitative estimate of drug-likeness (QED) is 0.0897. The van der Waals surface area contributed by atoms with Gasteiger partial charge in [0.05, 0.1) is 15.1 Å². The van der Waals surface area contributed by atoms with Gasteiger partial charge in [-0.2, -0.15) is 0 Å². The fourth-order valence-electron chi connectivity index (χ4n) is 3.58. The Bertz CT molecular complexity index is 1600. The maximum absolute atomic E-state index is 13.3. The van der Waals surface area contributed by atoms with Crippen molar-refractivity contribution in [3.05, 3.63) is 108 Å². The van der Waals surface area contributed by atoms with Crippen LogP contribution in [0.4, 0.5) is 16.2 Å². The summed E-state index contributed by atoms with van der Waals surface area (Å²) in [5.41, 5.74) is 1.29. The van der Waals surface area contributed by atoms with Gasteiger partial charge in [0, 0.05) is 28.2 Å². The molecular formula is C27H17Br2N3O7. The number of carbonyl (C=O) groups is 4. The lowest BCUT2D eigenvalue weighted by atomic mass is 10.1. The van der Waals surface area contributed by atoms with Crippen molar-refractivity contribution in [1.29, 1.82) is 0 Å². The van der Waals surface area contributed by atoms with Crippen LogP contribution >= 0.6 is 31.9 Å². The number of nitrogens with one attached hydrogen (secondary N) is 1. The molecule has 0 saturated carbocycles. The summed E-state index contributed by atoms with van der Waals surface area (Å²) in [5, 5.41) is 13.1. The monoisotopic (exact) mass is 653 g/mol. The fourth-order valence-corrected chi connectivity index (χ4v) is 4.92. The van der Waals surface area contributed by atoms with Crippen LogP contribution < -0.4 is 15.0 Å². The Balaban J connectivity index is 1.66. The van der Waals surface area contributed by atoms with Gasteiger partial charge < -0.3 is 4.74 Å². The second-order valence-electron chi connectivity index (χ2n) is 8.21. The van der Waals surface area contributed by atoms with Gasteiger partial charge in [-0.25, -0.2) is 14.5 Å². The number of ether oxygens (including phenoxy) is 1. The van der Waals surface area contributed by atoms with E-state index in [4.69, 9.17) is 4.74 Å². The van der Waals surface area contributed by atoms with Crippen LogP contribution in [-0.4, -0.2) is 28.7 Å². The first-order valence-corrected chi connectivity index (χ1v) is 12.7. The number of imide groups is 2. The number of nitro benzene ring substituents is 1. The second kappa shape index (κ2) is 11.5. The summed E-state index contributed by atoms with van der Waals surface area (Å²) >= 11 is 6.66. The Morgan fingerprint density at radius 3 is 2.46 bits per heavy atom. The Hall–Kier alpha value is -4.42. The van der Waals surface area contributed by atoms with Crippen molar-refractivity contribution >= 4 is 79.2 Å². The third-order valence-corrected chi connectivity index (χ3v) is 6.47. The third-order valence-electron chi connectivity index (χ3n) is 5.43. The number of nitrogens with zero attached hydrogens (tertiary/aromatic N) is 2. The number of hydrogen-bond donors (Lipinski definition) is 1. The summed E-state index contributed by atoms with van der Waals surface area (Å²) in [5.74, 6) is -2.59. The number of hydrogen-bond acceptors (Lipinski definition) is 7. The Morgan fingerprint density at radius 2 is 1.77 bits per heavy atom. The van der Waals surface area contributed by atoms with E-state index in [2.05, 4.69) is 37.2 Å². The maximum atomic E-state index is 13.3. The van der Waals surface area contributed by atoms with Crippen molar-refractivity contribution < 1.29 is 28.8 Å². The van der Waals surface area contributed by atoms with Crippen LogP contribution in [0, 0.1) is 17.0 Å². The highest BCUT2D eigenvalue weighted by molar-refractivity contribution is 9.11. The zero-order chi connectivity index (χ0) is 28.3. The topological polar surface area (TPSA) is 136 Å². The molecule has 0 atom stereocenters. The Morgan fingerprint density at radius 1 is 1.05 bits per heavy atom. The van der Waals surface area contributed by atoms with Gasteiger partial charge in [0.2, 0.25) is 0 Å². The Labute approximate surface area is 238 Å². The van der Waals surface area contributed by atoms with Gasteiger partial charge in [-0.15, -0.1) is 0 Å². The molecule has 0 unspecified atom stereocenters. The fraction of sp³-hybridized carbons (Fsp3) is 0.0370. The number of non-ortho nitro benzene ring substituents is 1. The number of benzene rings is 3. The predicted octanol–water partition coefficient (Wildman–Crippen LogP) is 5.71. The molecule has 196 valence electrons. The predicted molar refractivity (Wildman–Crippen MR) is 150 cm³/mol. The summed E-state index contributed by atoms with van der Waals surface area (Å²) in [6.45, 7) is 1.85. The molecular weight excluding hydrogens is 638 g/mol. The minimum atomic E-state index is -0.910.